The molecule has 4 nitrogen and oxygen atoms in total. The van der Waals surface area contributed by atoms with Crippen molar-refractivity contribution in [1.29, 1.82) is 0 Å². The summed E-state index contributed by atoms with van der Waals surface area (Å²) in [5.74, 6) is 0.376. The van der Waals surface area contributed by atoms with Gasteiger partial charge in [-0.1, -0.05) is 12.8 Å². The lowest BCUT2D eigenvalue weighted by Gasteiger charge is -2.27. The summed E-state index contributed by atoms with van der Waals surface area (Å²) in [6, 6.07) is 3.83. The zero-order chi connectivity index (χ0) is 12.1. The second-order valence-electron chi connectivity index (χ2n) is 4.70. The highest BCUT2D eigenvalue weighted by Crippen LogP contribution is 2.25. The van der Waals surface area contributed by atoms with Gasteiger partial charge in [0, 0.05) is 18.7 Å². The van der Waals surface area contributed by atoms with Gasteiger partial charge in [-0.15, -0.1) is 0 Å². The van der Waals surface area contributed by atoms with E-state index < -0.39 is 0 Å². The number of nitrogens with two attached hydrogens (primary N) is 1. The number of nitrogens with one attached hydrogen (secondary N) is 1. The molecule has 3 N–H and O–H groups in total. The quantitative estimate of drug-likeness (QED) is 0.838. The number of anilines is 1. The number of pyridine rings is 1. The molecule has 2 atom stereocenters. The summed E-state index contributed by atoms with van der Waals surface area (Å²) in [6.07, 6.45) is 8.37. The van der Waals surface area contributed by atoms with Crippen molar-refractivity contribution >= 4 is 11.6 Å². The van der Waals surface area contributed by atoms with Crippen molar-refractivity contribution in [1.82, 2.24) is 4.98 Å². The summed E-state index contributed by atoms with van der Waals surface area (Å²) in [4.78, 5) is 15.8. The second kappa shape index (κ2) is 5.77. The maximum absolute atomic E-state index is 11.8. The molecular weight excluding hydrogens is 214 g/mol. The molecule has 1 saturated carbocycles. The molecule has 1 fully saturated rings. The largest absolute Gasteiger partial charge is 0.327 e. The third-order valence-corrected chi connectivity index (χ3v) is 3.36. The van der Waals surface area contributed by atoms with Gasteiger partial charge in [0.05, 0.1) is 11.9 Å². The first-order valence-electron chi connectivity index (χ1n) is 6.21. The fourth-order valence-corrected chi connectivity index (χ4v) is 2.38. The van der Waals surface area contributed by atoms with Crippen molar-refractivity contribution in [3.8, 4) is 0 Å². The van der Waals surface area contributed by atoms with Gasteiger partial charge in [0.1, 0.15) is 0 Å². The van der Waals surface area contributed by atoms with Gasteiger partial charge in [-0.05, 0) is 30.9 Å². The van der Waals surface area contributed by atoms with Gasteiger partial charge in [-0.25, -0.2) is 0 Å². The summed E-state index contributed by atoms with van der Waals surface area (Å²) in [5, 5.41) is 2.85. The summed E-state index contributed by atoms with van der Waals surface area (Å²) in [5.41, 5.74) is 6.78. The average Bonchev–Trinajstić information content (AvgIpc) is 2.33. The molecule has 0 saturated heterocycles. The molecule has 4 heteroatoms. The van der Waals surface area contributed by atoms with E-state index in [0.717, 1.165) is 18.5 Å². The van der Waals surface area contributed by atoms with Crippen LogP contribution in [0.3, 0.4) is 0 Å². The van der Waals surface area contributed by atoms with E-state index in [1.54, 1.807) is 12.4 Å². The average molecular weight is 233 g/mol. The minimum absolute atomic E-state index is 0.0420. The van der Waals surface area contributed by atoms with Crippen LogP contribution < -0.4 is 11.1 Å². The first-order chi connectivity index (χ1) is 8.25. The maximum Gasteiger partial charge on any atom is 0.224 e. The van der Waals surface area contributed by atoms with Crippen LogP contribution in [0.25, 0.3) is 0 Å². The molecule has 92 valence electrons. The van der Waals surface area contributed by atoms with Gasteiger partial charge >= 0.3 is 0 Å². The zero-order valence-corrected chi connectivity index (χ0v) is 9.93. The third-order valence-electron chi connectivity index (χ3n) is 3.36. The molecule has 0 radical (unpaired) electrons. The molecule has 17 heavy (non-hydrogen) atoms. The van der Waals surface area contributed by atoms with Crippen LogP contribution in [0.15, 0.2) is 24.5 Å². The van der Waals surface area contributed by atoms with Gasteiger partial charge in [-0.3, -0.25) is 9.78 Å². The molecule has 0 spiro atoms. The Bertz CT molecular complexity index is 366. The van der Waals surface area contributed by atoms with Crippen molar-refractivity contribution in [2.75, 3.05) is 5.32 Å². The summed E-state index contributed by atoms with van der Waals surface area (Å²) in [7, 11) is 0. The highest BCUT2D eigenvalue weighted by Gasteiger charge is 2.24. The number of carbonyl (C=O) groups excluding carboxylic acids is 1. The van der Waals surface area contributed by atoms with E-state index in [-0.39, 0.29) is 11.9 Å². The summed E-state index contributed by atoms with van der Waals surface area (Å²) < 4.78 is 0. The second-order valence-corrected chi connectivity index (χ2v) is 4.70. The number of nitrogens with zero attached hydrogens (tertiary/aromatic N) is 1. The summed E-state index contributed by atoms with van der Waals surface area (Å²) in [6.45, 7) is 0. The van der Waals surface area contributed by atoms with Crippen LogP contribution in [-0.4, -0.2) is 16.9 Å². The van der Waals surface area contributed by atoms with E-state index >= 15 is 0 Å². The maximum atomic E-state index is 11.8. The van der Waals surface area contributed by atoms with Gasteiger partial charge < -0.3 is 11.1 Å². The molecule has 1 aromatic rings. The van der Waals surface area contributed by atoms with Crippen molar-refractivity contribution < 1.29 is 4.79 Å². The van der Waals surface area contributed by atoms with Crippen LogP contribution in [0.5, 0.6) is 0 Å². The first kappa shape index (κ1) is 12.0. The fourth-order valence-electron chi connectivity index (χ4n) is 2.38. The topological polar surface area (TPSA) is 68.0 Å². The lowest BCUT2D eigenvalue weighted by molar-refractivity contribution is -0.117. The highest BCUT2D eigenvalue weighted by molar-refractivity contribution is 5.90. The Morgan fingerprint density at radius 2 is 2.29 bits per heavy atom. The first-order valence-corrected chi connectivity index (χ1v) is 6.21. The van der Waals surface area contributed by atoms with Crippen LogP contribution in [-0.2, 0) is 4.79 Å². The predicted molar refractivity (Wildman–Crippen MR) is 67.4 cm³/mol. The van der Waals surface area contributed by atoms with Gasteiger partial charge in [-0.2, -0.15) is 0 Å². The van der Waals surface area contributed by atoms with Gasteiger partial charge in [0.25, 0.3) is 0 Å². The molecule has 1 amide bonds. The van der Waals surface area contributed by atoms with E-state index in [1.807, 2.05) is 12.1 Å². The fraction of sp³-hybridized carbons (Fsp3) is 0.538. The normalized spacial score (nSPS) is 24.3. The molecule has 0 bridgehead atoms. The van der Waals surface area contributed by atoms with Crippen LogP contribution in [0.2, 0.25) is 0 Å². The number of amides is 1. The number of rotatable bonds is 3. The molecule has 1 heterocycles. The Morgan fingerprint density at radius 3 is 3.00 bits per heavy atom. The van der Waals surface area contributed by atoms with Crippen molar-refractivity contribution in [3.05, 3.63) is 24.5 Å². The SMILES string of the molecule is NC1CCCCC1CC(=O)Nc1cccnc1. The zero-order valence-electron chi connectivity index (χ0n) is 9.93. The number of hydrogen-bond donors (Lipinski definition) is 2. The predicted octanol–water partition coefficient (Wildman–Crippen LogP) is 1.93. The van der Waals surface area contributed by atoms with Gasteiger partial charge in [0.2, 0.25) is 5.91 Å². The molecule has 1 aliphatic rings. The Morgan fingerprint density at radius 1 is 1.47 bits per heavy atom. The Kier molecular flexibility index (Phi) is 4.09. The van der Waals surface area contributed by atoms with Crippen LogP contribution in [0, 0.1) is 5.92 Å². The van der Waals surface area contributed by atoms with E-state index in [1.165, 1.54) is 12.8 Å². The molecule has 0 aliphatic heterocycles. The summed E-state index contributed by atoms with van der Waals surface area (Å²) >= 11 is 0. The third kappa shape index (κ3) is 3.53. The molecule has 1 aromatic heterocycles. The van der Waals surface area contributed by atoms with E-state index in [4.69, 9.17) is 5.73 Å². The molecular formula is C13H19N3O. The molecule has 0 aromatic carbocycles. The van der Waals surface area contributed by atoms with E-state index in [0.29, 0.717) is 12.3 Å². The standard InChI is InChI=1S/C13H19N3O/c14-12-6-2-1-4-10(12)8-13(17)16-11-5-3-7-15-9-11/h3,5,7,9-10,12H,1-2,4,6,8,14H2,(H,16,17). The minimum atomic E-state index is 0.0420. The van der Waals surface area contributed by atoms with Crippen molar-refractivity contribution in [2.45, 2.75) is 38.1 Å². The number of aromatic nitrogens is 1. The molecule has 2 rings (SSSR count). The number of carbonyl (C=O) groups is 1. The van der Waals surface area contributed by atoms with Crippen LogP contribution in [0.4, 0.5) is 5.69 Å². The van der Waals surface area contributed by atoms with E-state index in [2.05, 4.69) is 10.3 Å². The molecule has 2 unspecified atom stereocenters. The highest BCUT2D eigenvalue weighted by atomic mass is 16.1. The van der Waals surface area contributed by atoms with E-state index in [9.17, 15) is 4.79 Å². The Labute approximate surface area is 102 Å². The van der Waals surface area contributed by atoms with Crippen LogP contribution >= 0.6 is 0 Å². The van der Waals surface area contributed by atoms with Crippen molar-refractivity contribution in [2.24, 2.45) is 11.7 Å². The monoisotopic (exact) mass is 233 g/mol. The smallest absolute Gasteiger partial charge is 0.224 e. The lowest BCUT2D eigenvalue weighted by Crippen LogP contribution is -2.35. The van der Waals surface area contributed by atoms with Crippen LogP contribution in [0.1, 0.15) is 32.1 Å². The van der Waals surface area contributed by atoms with Crippen molar-refractivity contribution in [3.63, 3.8) is 0 Å². The lowest BCUT2D eigenvalue weighted by atomic mass is 9.83. The molecule has 1 aliphatic carbocycles. The Hall–Kier alpha value is -1.42. The van der Waals surface area contributed by atoms with Gasteiger partial charge in [0.15, 0.2) is 0 Å². The minimum Gasteiger partial charge on any atom is -0.327 e. The Balaban J connectivity index is 1.84. The number of hydrogen-bond acceptors (Lipinski definition) is 3.